The van der Waals surface area contributed by atoms with Gasteiger partial charge in [0.15, 0.2) is 5.96 Å². The number of aliphatic carboxylic acids is 1. The molecule has 17 heteroatoms. The maximum absolute atomic E-state index is 13.7. The number of nitrogens with two attached hydrogens (primary N) is 3. The average Bonchev–Trinajstić information content (AvgIpc) is 3.58. The van der Waals surface area contributed by atoms with Gasteiger partial charge in [0, 0.05) is 19.5 Å². The van der Waals surface area contributed by atoms with E-state index in [1.807, 2.05) is 20.8 Å². The second kappa shape index (κ2) is 21.4. The number of aromatic hydroxyl groups is 1. The Kier molecular flexibility index (Phi) is 17.8. The summed E-state index contributed by atoms with van der Waals surface area (Å²) in [7, 11) is 0. The molecular formula is C35H57N9O8. The normalized spacial score (nSPS) is 16.9. The molecule has 0 radical (unpaired) electrons. The van der Waals surface area contributed by atoms with Crippen LogP contribution in [0.2, 0.25) is 0 Å². The van der Waals surface area contributed by atoms with Gasteiger partial charge in [0.05, 0.1) is 6.04 Å². The number of phenolic OH excluding ortho intramolecular Hbond substituents is 1. The van der Waals surface area contributed by atoms with Crippen LogP contribution in [0, 0.1) is 5.92 Å². The number of carboxylic acid groups (broad SMARTS) is 1. The fraction of sp³-hybridized carbons (Fsp3) is 0.629. The van der Waals surface area contributed by atoms with Crippen LogP contribution in [0.5, 0.6) is 5.75 Å². The monoisotopic (exact) mass is 731 g/mol. The van der Waals surface area contributed by atoms with Crippen LogP contribution in [0.4, 0.5) is 0 Å². The van der Waals surface area contributed by atoms with Crippen molar-refractivity contribution in [2.24, 2.45) is 28.1 Å². The molecule has 0 spiro atoms. The second-order valence-electron chi connectivity index (χ2n) is 13.6. The van der Waals surface area contributed by atoms with Crippen LogP contribution in [0.25, 0.3) is 0 Å². The van der Waals surface area contributed by atoms with E-state index in [1.165, 1.54) is 24.0 Å². The summed E-state index contributed by atoms with van der Waals surface area (Å²) in [6.07, 6.45) is 3.20. The van der Waals surface area contributed by atoms with Gasteiger partial charge in [0.1, 0.15) is 36.0 Å². The van der Waals surface area contributed by atoms with Gasteiger partial charge in [-0.1, -0.05) is 39.3 Å². The summed E-state index contributed by atoms with van der Waals surface area (Å²) in [5, 5.41) is 29.8. The van der Waals surface area contributed by atoms with Crippen LogP contribution in [-0.4, -0.2) is 106 Å². The molecule has 6 atom stereocenters. The number of rotatable bonds is 21. The van der Waals surface area contributed by atoms with Crippen molar-refractivity contribution < 1.29 is 39.0 Å². The summed E-state index contributed by atoms with van der Waals surface area (Å²) in [5.41, 5.74) is 17.4. The van der Waals surface area contributed by atoms with Gasteiger partial charge >= 0.3 is 5.97 Å². The van der Waals surface area contributed by atoms with Crippen molar-refractivity contribution in [3.05, 3.63) is 29.8 Å². The molecule has 1 aliphatic heterocycles. The van der Waals surface area contributed by atoms with E-state index in [-0.39, 0.29) is 36.9 Å². The molecular weight excluding hydrogens is 674 g/mol. The number of nitrogens with one attached hydrogen (secondary N) is 4. The second-order valence-corrected chi connectivity index (χ2v) is 13.6. The van der Waals surface area contributed by atoms with Gasteiger partial charge in [0.25, 0.3) is 0 Å². The van der Waals surface area contributed by atoms with Crippen molar-refractivity contribution in [2.45, 2.75) is 122 Å². The zero-order valence-electron chi connectivity index (χ0n) is 30.6. The highest BCUT2D eigenvalue weighted by atomic mass is 16.4. The van der Waals surface area contributed by atoms with E-state index in [0.29, 0.717) is 57.2 Å². The maximum atomic E-state index is 13.7. The number of hydrogen-bond donors (Lipinski definition) is 9. The summed E-state index contributed by atoms with van der Waals surface area (Å²) in [4.78, 5) is 84.0. The van der Waals surface area contributed by atoms with Gasteiger partial charge in [-0.2, -0.15) is 0 Å². The summed E-state index contributed by atoms with van der Waals surface area (Å²) < 4.78 is 0. The molecule has 0 aromatic heterocycles. The molecule has 290 valence electrons. The first-order valence-electron chi connectivity index (χ1n) is 17.9. The van der Waals surface area contributed by atoms with Crippen LogP contribution in [0.15, 0.2) is 29.3 Å². The van der Waals surface area contributed by atoms with Crippen molar-refractivity contribution in [3.8, 4) is 5.75 Å². The Bertz CT molecular complexity index is 1400. The molecule has 1 aliphatic rings. The standard InChI is InChI=1S/C35H57N9O8/c1-5-8-25(41-32(49)28-10-7-18-44(28)33(50)24(36)9-6-17-39-35(37)38)30(47)43-27(19-22-12-14-23(45)15-13-22)31(48)40-21(4)29(46)42-26(34(51)52)16-11-20(2)3/h12-15,20-21,24-28,45H,5-11,16-19,36H2,1-4H3,(H,40,48)(H,41,49)(H,42,46)(H,43,47)(H,51,52)(H4,37,38,39)/t21-,24-,25-,26-,27-,28-/m0/s1. The largest absolute Gasteiger partial charge is 0.508 e. The molecule has 1 saturated heterocycles. The minimum atomic E-state index is -1.22. The number of amides is 5. The van der Waals surface area contributed by atoms with E-state index in [0.717, 1.165) is 0 Å². The molecule has 1 aromatic rings. The highest BCUT2D eigenvalue weighted by molar-refractivity contribution is 5.96. The van der Waals surface area contributed by atoms with Crippen molar-refractivity contribution in [2.75, 3.05) is 13.1 Å². The van der Waals surface area contributed by atoms with Crippen molar-refractivity contribution >= 4 is 41.5 Å². The van der Waals surface area contributed by atoms with Crippen molar-refractivity contribution in [1.82, 2.24) is 26.2 Å². The number of carboxylic acids is 1. The van der Waals surface area contributed by atoms with E-state index >= 15 is 0 Å². The number of benzene rings is 1. The Balaban J connectivity index is 2.17. The van der Waals surface area contributed by atoms with Crippen LogP contribution < -0.4 is 38.5 Å². The van der Waals surface area contributed by atoms with Crippen molar-refractivity contribution in [1.29, 1.82) is 0 Å². The van der Waals surface area contributed by atoms with Gasteiger partial charge in [-0.25, -0.2) is 4.79 Å². The maximum Gasteiger partial charge on any atom is 0.326 e. The van der Waals surface area contributed by atoms with Gasteiger partial charge in [-0.05, 0) is 75.5 Å². The number of hydrogen-bond acceptors (Lipinski definition) is 9. The Labute approximate surface area is 304 Å². The third kappa shape index (κ3) is 14.4. The SMILES string of the molecule is CCC[C@H](NC(=O)[C@@H]1CCCN1C(=O)[C@@H](N)CCCN=C(N)N)C(=O)N[C@@H](Cc1ccc(O)cc1)C(=O)N[C@@H](C)C(=O)N[C@@H](CCC(C)C)C(=O)O. The Morgan fingerprint density at radius 3 is 2.10 bits per heavy atom. The van der Waals surface area contributed by atoms with Gasteiger partial charge in [0.2, 0.25) is 29.5 Å². The lowest BCUT2D eigenvalue weighted by Gasteiger charge is -2.29. The fourth-order valence-electron chi connectivity index (χ4n) is 5.77. The van der Waals surface area contributed by atoms with E-state index in [9.17, 15) is 39.0 Å². The smallest absolute Gasteiger partial charge is 0.326 e. The summed E-state index contributed by atoms with van der Waals surface area (Å²) >= 11 is 0. The molecule has 0 saturated carbocycles. The van der Waals surface area contributed by atoms with E-state index in [2.05, 4.69) is 26.3 Å². The highest BCUT2D eigenvalue weighted by Gasteiger charge is 2.38. The van der Waals surface area contributed by atoms with Crippen LogP contribution in [-0.2, 0) is 35.2 Å². The summed E-state index contributed by atoms with van der Waals surface area (Å²) in [6, 6.07) is -0.269. The quantitative estimate of drug-likeness (QED) is 0.0445. The van der Waals surface area contributed by atoms with Gasteiger partial charge < -0.3 is 53.6 Å². The first kappa shape index (κ1) is 43.2. The zero-order valence-corrected chi connectivity index (χ0v) is 30.6. The number of carbonyl (C=O) groups is 6. The first-order chi connectivity index (χ1) is 24.5. The zero-order chi connectivity index (χ0) is 39.0. The molecule has 52 heavy (non-hydrogen) atoms. The van der Waals surface area contributed by atoms with E-state index in [1.54, 1.807) is 12.1 Å². The molecule has 1 fully saturated rings. The highest BCUT2D eigenvalue weighted by Crippen LogP contribution is 2.20. The fourth-order valence-corrected chi connectivity index (χ4v) is 5.77. The van der Waals surface area contributed by atoms with Gasteiger partial charge in [-0.3, -0.25) is 29.0 Å². The van der Waals surface area contributed by atoms with E-state index < -0.39 is 71.8 Å². The molecule has 0 aliphatic carbocycles. The summed E-state index contributed by atoms with van der Waals surface area (Å²) in [6.45, 7) is 7.73. The average molecular weight is 732 g/mol. The van der Waals surface area contributed by atoms with Crippen molar-refractivity contribution in [3.63, 3.8) is 0 Å². The molecule has 12 N–H and O–H groups in total. The lowest BCUT2D eigenvalue weighted by molar-refractivity contribution is -0.142. The Morgan fingerprint density at radius 2 is 1.50 bits per heavy atom. The van der Waals surface area contributed by atoms with E-state index in [4.69, 9.17) is 17.2 Å². The number of carbonyl (C=O) groups excluding carboxylic acids is 5. The molecule has 1 heterocycles. The molecule has 2 rings (SSSR count). The number of nitrogens with zero attached hydrogens (tertiary/aromatic N) is 2. The molecule has 0 unspecified atom stereocenters. The number of guanidine groups is 1. The Morgan fingerprint density at radius 1 is 0.865 bits per heavy atom. The number of aliphatic imine (C=N–C) groups is 1. The molecule has 17 nitrogen and oxygen atoms in total. The molecule has 1 aromatic carbocycles. The van der Waals surface area contributed by atoms with Crippen LogP contribution in [0.1, 0.15) is 84.6 Å². The minimum absolute atomic E-state index is 0.00147. The topological polar surface area (TPSA) is 285 Å². The minimum Gasteiger partial charge on any atom is -0.508 e. The molecule has 0 bridgehead atoms. The third-order valence-corrected chi connectivity index (χ3v) is 8.74. The third-order valence-electron chi connectivity index (χ3n) is 8.74. The lowest BCUT2D eigenvalue weighted by Crippen LogP contribution is -2.59. The lowest BCUT2D eigenvalue weighted by atomic mass is 10.0. The first-order valence-corrected chi connectivity index (χ1v) is 17.9. The van der Waals surface area contributed by atoms with Crippen LogP contribution in [0.3, 0.4) is 0 Å². The number of phenols is 1. The predicted molar refractivity (Wildman–Crippen MR) is 194 cm³/mol. The predicted octanol–water partition coefficient (Wildman–Crippen LogP) is -0.413. The summed E-state index contributed by atoms with van der Waals surface area (Å²) in [5.74, 6) is -4.03. The Hall–Kier alpha value is -4.93. The molecule has 5 amide bonds. The van der Waals surface area contributed by atoms with Crippen LogP contribution >= 0.6 is 0 Å². The number of likely N-dealkylation sites (tertiary alicyclic amines) is 1. The van der Waals surface area contributed by atoms with Gasteiger partial charge in [-0.15, -0.1) is 0 Å².